The number of likely N-dealkylation sites (N-methyl/N-ethyl adjacent to an activating group) is 1. The average molecular weight is 283 g/mol. The van der Waals surface area contributed by atoms with Gasteiger partial charge in [-0.2, -0.15) is 0 Å². The zero-order chi connectivity index (χ0) is 14.1. The van der Waals surface area contributed by atoms with E-state index in [2.05, 4.69) is 45.1 Å². The van der Waals surface area contributed by atoms with Crippen molar-refractivity contribution in [2.24, 2.45) is 0 Å². The Labute approximate surface area is 122 Å². The van der Waals surface area contributed by atoms with Gasteiger partial charge in [-0.1, -0.05) is 27.2 Å². The molecule has 0 aliphatic rings. The fourth-order valence-electron chi connectivity index (χ4n) is 2.44. The molecule has 0 saturated heterocycles. The van der Waals surface area contributed by atoms with E-state index >= 15 is 0 Å². The molecule has 1 aromatic heterocycles. The first-order valence-corrected chi connectivity index (χ1v) is 8.49. The first kappa shape index (κ1) is 16.7. The van der Waals surface area contributed by atoms with Gasteiger partial charge < -0.3 is 10.1 Å². The highest BCUT2D eigenvalue weighted by Gasteiger charge is 2.21. The molecule has 2 atom stereocenters. The normalized spacial score (nSPS) is 14.5. The van der Waals surface area contributed by atoms with Crippen LogP contribution in [0.3, 0.4) is 0 Å². The van der Waals surface area contributed by atoms with Crippen LogP contribution in [0.25, 0.3) is 0 Å². The molecule has 0 aliphatic heterocycles. The summed E-state index contributed by atoms with van der Waals surface area (Å²) in [7, 11) is 0. The summed E-state index contributed by atoms with van der Waals surface area (Å²) in [5, 5.41) is 3.61. The Morgan fingerprint density at radius 1 is 1.16 bits per heavy atom. The van der Waals surface area contributed by atoms with Crippen molar-refractivity contribution in [3.05, 3.63) is 21.9 Å². The van der Waals surface area contributed by atoms with Gasteiger partial charge in [0.1, 0.15) is 0 Å². The van der Waals surface area contributed by atoms with Crippen LogP contribution in [-0.2, 0) is 17.6 Å². The molecule has 0 fully saturated rings. The molecule has 110 valence electrons. The van der Waals surface area contributed by atoms with Crippen molar-refractivity contribution in [3.8, 4) is 0 Å². The van der Waals surface area contributed by atoms with Crippen molar-refractivity contribution in [2.45, 2.75) is 65.5 Å². The lowest BCUT2D eigenvalue weighted by Crippen LogP contribution is -2.42. The third kappa shape index (κ3) is 5.64. The first-order chi connectivity index (χ1) is 9.24. The van der Waals surface area contributed by atoms with Crippen LogP contribution < -0.4 is 5.32 Å². The molecular weight excluding hydrogens is 254 g/mol. The second kappa shape index (κ2) is 9.51. The maximum Gasteiger partial charge on any atom is 0.0731 e. The third-order valence-corrected chi connectivity index (χ3v) is 4.61. The largest absolute Gasteiger partial charge is 0.377 e. The second-order valence-electron chi connectivity index (χ2n) is 4.87. The summed E-state index contributed by atoms with van der Waals surface area (Å²) in [6.45, 7) is 10.5. The van der Waals surface area contributed by atoms with Gasteiger partial charge in [-0.05, 0) is 44.9 Å². The molecule has 1 N–H and O–H groups in total. The molecule has 1 aromatic rings. The molecule has 0 saturated carbocycles. The fraction of sp³-hybridized carbons (Fsp3) is 0.750. The molecule has 0 aliphatic carbocycles. The van der Waals surface area contributed by atoms with Crippen LogP contribution >= 0.6 is 11.3 Å². The Bertz CT molecular complexity index is 331. The summed E-state index contributed by atoms with van der Waals surface area (Å²) in [5.74, 6) is 0. The minimum absolute atomic E-state index is 0.335. The highest BCUT2D eigenvalue weighted by molar-refractivity contribution is 7.11. The minimum Gasteiger partial charge on any atom is -0.377 e. The van der Waals surface area contributed by atoms with Gasteiger partial charge in [0.15, 0.2) is 0 Å². The van der Waals surface area contributed by atoms with Gasteiger partial charge in [0, 0.05) is 22.4 Å². The van der Waals surface area contributed by atoms with E-state index in [9.17, 15) is 0 Å². The van der Waals surface area contributed by atoms with E-state index in [1.807, 2.05) is 11.3 Å². The quantitative estimate of drug-likeness (QED) is 0.700. The van der Waals surface area contributed by atoms with Crippen molar-refractivity contribution in [3.63, 3.8) is 0 Å². The lowest BCUT2D eigenvalue weighted by atomic mass is 10.0. The maximum absolute atomic E-state index is 5.94. The molecule has 3 heteroatoms. The van der Waals surface area contributed by atoms with Crippen LogP contribution in [0.4, 0.5) is 0 Å². The molecule has 0 aromatic carbocycles. The Balaban J connectivity index is 2.68. The zero-order valence-electron chi connectivity index (χ0n) is 12.9. The number of thiophene rings is 1. The van der Waals surface area contributed by atoms with Crippen LogP contribution in [0.15, 0.2) is 12.1 Å². The summed E-state index contributed by atoms with van der Waals surface area (Å²) in [6.07, 6.45) is 4.88. The van der Waals surface area contributed by atoms with E-state index in [0.717, 1.165) is 32.4 Å². The van der Waals surface area contributed by atoms with Gasteiger partial charge in [-0.3, -0.25) is 0 Å². The van der Waals surface area contributed by atoms with E-state index in [1.54, 1.807) is 0 Å². The number of nitrogens with one attached hydrogen (secondary N) is 1. The van der Waals surface area contributed by atoms with Gasteiger partial charge in [0.2, 0.25) is 0 Å². The highest BCUT2D eigenvalue weighted by atomic mass is 32.1. The standard InChI is InChI=1S/C16H29NOS/c1-5-9-16(18-8-4)15(17-7-3)12-14-11-10-13(6-2)19-14/h10-11,15-17H,5-9,12H2,1-4H3. The third-order valence-electron chi connectivity index (χ3n) is 3.36. The van der Waals surface area contributed by atoms with E-state index in [1.165, 1.54) is 16.2 Å². The molecule has 0 amide bonds. The van der Waals surface area contributed by atoms with Crippen molar-refractivity contribution >= 4 is 11.3 Å². The predicted octanol–water partition coefficient (Wildman–Crippen LogP) is 4.04. The highest BCUT2D eigenvalue weighted by Crippen LogP contribution is 2.21. The molecule has 2 nitrogen and oxygen atoms in total. The first-order valence-electron chi connectivity index (χ1n) is 7.67. The maximum atomic E-state index is 5.94. The summed E-state index contributed by atoms with van der Waals surface area (Å²) in [4.78, 5) is 2.96. The number of hydrogen-bond donors (Lipinski definition) is 1. The van der Waals surface area contributed by atoms with Crippen LogP contribution in [0.1, 0.15) is 50.3 Å². The van der Waals surface area contributed by atoms with E-state index < -0.39 is 0 Å². The monoisotopic (exact) mass is 283 g/mol. The number of hydrogen-bond acceptors (Lipinski definition) is 3. The molecule has 0 spiro atoms. The summed E-state index contributed by atoms with van der Waals surface area (Å²) in [6, 6.07) is 4.98. The number of aryl methyl sites for hydroxylation is 1. The second-order valence-corrected chi connectivity index (χ2v) is 6.13. The van der Waals surface area contributed by atoms with Crippen molar-refractivity contribution in [1.82, 2.24) is 5.32 Å². The molecule has 2 unspecified atom stereocenters. The zero-order valence-corrected chi connectivity index (χ0v) is 13.7. The smallest absolute Gasteiger partial charge is 0.0731 e. The lowest BCUT2D eigenvalue weighted by Gasteiger charge is -2.27. The van der Waals surface area contributed by atoms with Gasteiger partial charge in [-0.25, -0.2) is 0 Å². The van der Waals surface area contributed by atoms with Gasteiger partial charge in [0.05, 0.1) is 6.10 Å². The van der Waals surface area contributed by atoms with E-state index in [0.29, 0.717) is 12.1 Å². The Hall–Kier alpha value is -0.380. The van der Waals surface area contributed by atoms with E-state index in [4.69, 9.17) is 4.74 Å². The molecule has 1 heterocycles. The van der Waals surface area contributed by atoms with Crippen LogP contribution in [-0.4, -0.2) is 25.3 Å². The average Bonchev–Trinajstić information content (AvgIpc) is 2.86. The fourth-order valence-corrected chi connectivity index (χ4v) is 3.45. The number of ether oxygens (including phenoxy) is 1. The Morgan fingerprint density at radius 2 is 1.89 bits per heavy atom. The molecule has 0 radical (unpaired) electrons. The summed E-state index contributed by atoms with van der Waals surface area (Å²) in [5.41, 5.74) is 0. The number of rotatable bonds is 10. The molecule has 0 bridgehead atoms. The predicted molar refractivity (Wildman–Crippen MR) is 85.2 cm³/mol. The van der Waals surface area contributed by atoms with Gasteiger partial charge >= 0.3 is 0 Å². The minimum atomic E-state index is 0.335. The van der Waals surface area contributed by atoms with Crippen molar-refractivity contribution in [1.29, 1.82) is 0 Å². The summed E-state index contributed by atoms with van der Waals surface area (Å²) >= 11 is 1.95. The van der Waals surface area contributed by atoms with Gasteiger partial charge in [-0.15, -0.1) is 11.3 Å². The topological polar surface area (TPSA) is 21.3 Å². The molecule has 19 heavy (non-hydrogen) atoms. The molecular formula is C16H29NOS. The van der Waals surface area contributed by atoms with Crippen molar-refractivity contribution < 1.29 is 4.74 Å². The Morgan fingerprint density at radius 3 is 2.42 bits per heavy atom. The SMILES string of the molecule is CCCC(OCC)C(Cc1ccc(CC)s1)NCC. The Kier molecular flexibility index (Phi) is 8.35. The van der Waals surface area contributed by atoms with Crippen LogP contribution in [0.2, 0.25) is 0 Å². The summed E-state index contributed by atoms with van der Waals surface area (Å²) < 4.78 is 5.94. The van der Waals surface area contributed by atoms with Crippen LogP contribution in [0.5, 0.6) is 0 Å². The lowest BCUT2D eigenvalue weighted by molar-refractivity contribution is 0.0287. The molecule has 1 rings (SSSR count). The van der Waals surface area contributed by atoms with Crippen molar-refractivity contribution in [2.75, 3.05) is 13.2 Å². The van der Waals surface area contributed by atoms with Gasteiger partial charge in [0.25, 0.3) is 0 Å². The van der Waals surface area contributed by atoms with Crippen LogP contribution in [0, 0.1) is 0 Å². The van der Waals surface area contributed by atoms with E-state index in [-0.39, 0.29) is 0 Å².